The Kier molecular flexibility index (Phi) is 3.89. The molecule has 1 aliphatic rings. The number of halogens is 1. The predicted octanol–water partition coefficient (Wildman–Crippen LogP) is -1.72. The van der Waals surface area contributed by atoms with E-state index in [9.17, 15) is 5.11 Å². The van der Waals surface area contributed by atoms with Gasteiger partial charge in [-0.3, -0.25) is 0 Å². The van der Waals surface area contributed by atoms with E-state index in [1.54, 1.807) is 0 Å². The molecule has 0 saturated heterocycles. The third-order valence-electron chi connectivity index (χ3n) is 2.96. The maximum atomic E-state index is 10.3. The van der Waals surface area contributed by atoms with E-state index >= 15 is 0 Å². The Morgan fingerprint density at radius 1 is 1.29 bits per heavy atom. The van der Waals surface area contributed by atoms with Crippen molar-refractivity contribution in [3.05, 3.63) is 30.1 Å². The van der Waals surface area contributed by atoms with Gasteiger partial charge in [-0.2, -0.15) is 0 Å². The van der Waals surface area contributed by atoms with Crippen LogP contribution in [-0.4, -0.2) is 5.11 Å². The Hall–Kier alpha value is -0.160. The molecule has 14 heavy (non-hydrogen) atoms. The minimum absolute atomic E-state index is 0. The van der Waals surface area contributed by atoms with E-state index in [4.69, 9.17) is 0 Å². The topological polar surface area (TPSA) is 24.1 Å². The average Bonchev–Trinajstić information content (AvgIpc) is 2.54. The van der Waals surface area contributed by atoms with Crippen LogP contribution in [-0.2, 0) is 12.6 Å². The van der Waals surface area contributed by atoms with Crippen LogP contribution >= 0.6 is 0 Å². The van der Waals surface area contributed by atoms with Crippen molar-refractivity contribution in [3.8, 4) is 0 Å². The van der Waals surface area contributed by atoms with Gasteiger partial charge in [-0.25, -0.2) is 4.57 Å². The van der Waals surface area contributed by atoms with Crippen LogP contribution < -0.4 is 28.5 Å². The summed E-state index contributed by atoms with van der Waals surface area (Å²) in [6.07, 6.45) is 6.10. The first kappa shape index (κ1) is 11.9. The second kappa shape index (κ2) is 4.57. The largest absolute Gasteiger partial charge is 1.00 e. The van der Waals surface area contributed by atoms with Crippen molar-refractivity contribution in [2.24, 2.45) is 7.05 Å². The van der Waals surface area contributed by atoms with Gasteiger partial charge in [0.15, 0.2) is 6.20 Å². The lowest BCUT2D eigenvalue weighted by atomic mass is 9.97. The van der Waals surface area contributed by atoms with Crippen molar-refractivity contribution in [2.75, 3.05) is 0 Å². The fourth-order valence-corrected chi connectivity index (χ4v) is 2.22. The summed E-state index contributed by atoms with van der Waals surface area (Å²) in [5.41, 5.74) is 0.489. The Morgan fingerprint density at radius 3 is 2.50 bits per heavy atom. The molecule has 0 radical (unpaired) electrons. The number of aliphatic hydroxyl groups is 1. The van der Waals surface area contributed by atoms with E-state index in [1.807, 2.05) is 36.0 Å². The van der Waals surface area contributed by atoms with Gasteiger partial charge in [0.1, 0.15) is 12.6 Å². The van der Waals surface area contributed by atoms with E-state index < -0.39 is 5.60 Å². The highest BCUT2D eigenvalue weighted by Gasteiger charge is 2.39. The van der Waals surface area contributed by atoms with Crippen molar-refractivity contribution in [1.29, 1.82) is 0 Å². The molecule has 2 rings (SSSR count). The van der Waals surface area contributed by atoms with Crippen LogP contribution in [0.25, 0.3) is 0 Å². The van der Waals surface area contributed by atoms with Gasteiger partial charge in [-0.15, -0.1) is 0 Å². The number of rotatable bonds is 1. The van der Waals surface area contributed by atoms with Gasteiger partial charge in [-0.05, 0) is 31.7 Å². The van der Waals surface area contributed by atoms with Crippen LogP contribution in [0.1, 0.15) is 31.4 Å². The predicted molar refractivity (Wildman–Crippen MR) is 50.0 cm³/mol. The molecule has 0 bridgehead atoms. The van der Waals surface area contributed by atoms with E-state index in [-0.39, 0.29) is 24.0 Å². The van der Waals surface area contributed by atoms with Gasteiger partial charge in [0.2, 0.25) is 5.69 Å². The highest BCUT2D eigenvalue weighted by molar-refractivity contribution is 5.09. The van der Waals surface area contributed by atoms with Crippen LogP contribution in [0.3, 0.4) is 0 Å². The Balaban J connectivity index is 0.000000980. The maximum absolute atomic E-state index is 10.3. The van der Waals surface area contributed by atoms with Crippen LogP contribution in [0, 0.1) is 0 Å². The summed E-state index contributed by atoms with van der Waals surface area (Å²) in [6.45, 7) is 0. The molecule has 78 valence electrons. The number of aryl methyl sites for hydroxylation is 1. The molecule has 0 spiro atoms. The first-order chi connectivity index (χ1) is 6.22. The third kappa shape index (κ3) is 2.08. The van der Waals surface area contributed by atoms with Crippen LogP contribution in [0.4, 0.5) is 0 Å². The van der Waals surface area contributed by atoms with Gasteiger partial charge in [0, 0.05) is 12.1 Å². The zero-order chi connectivity index (χ0) is 9.31. The smallest absolute Gasteiger partial charge is 0.213 e. The fraction of sp³-hybridized carbons (Fsp3) is 0.545. The molecule has 0 aromatic carbocycles. The fourth-order valence-electron chi connectivity index (χ4n) is 2.22. The Labute approximate surface area is 102 Å². The first-order valence-electron chi connectivity index (χ1n) is 4.90. The van der Waals surface area contributed by atoms with Gasteiger partial charge in [0.25, 0.3) is 0 Å². The molecule has 0 unspecified atom stereocenters. The summed E-state index contributed by atoms with van der Waals surface area (Å²) in [5.74, 6) is 0. The molecular formula is C11H16INO. The minimum atomic E-state index is -0.560. The number of hydrogen-bond acceptors (Lipinski definition) is 1. The molecule has 0 atom stereocenters. The summed E-state index contributed by atoms with van der Waals surface area (Å²) in [6, 6.07) is 6.00. The molecule has 3 heteroatoms. The van der Waals surface area contributed by atoms with Crippen LogP contribution in [0.5, 0.6) is 0 Å². The van der Waals surface area contributed by atoms with E-state index in [1.165, 1.54) is 0 Å². The summed E-state index contributed by atoms with van der Waals surface area (Å²) < 4.78 is 2.02. The van der Waals surface area contributed by atoms with Crippen LogP contribution in [0.2, 0.25) is 0 Å². The standard InChI is InChI=1S/C11H16NO.HI/c1-12-9-5-2-6-10(12)11(13)7-3-4-8-11;/h2,5-6,9,13H,3-4,7-8H2,1H3;1H/q+1;/p-1. The number of pyridine rings is 1. The molecule has 1 aromatic rings. The quantitative estimate of drug-likeness (QED) is 0.484. The summed E-state index contributed by atoms with van der Waals surface area (Å²) in [4.78, 5) is 0. The zero-order valence-corrected chi connectivity index (χ0v) is 10.6. The first-order valence-corrected chi connectivity index (χ1v) is 4.90. The van der Waals surface area contributed by atoms with E-state index in [0.717, 1.165) is 31.4 Å². The second-order valence-corrected chi connectivity index (χ2v) is 3.94. The van der Waals surface area contributed by atoms with Gasteiger partial charge in [-0.1, -0.05) is 0 Å². The summed E-state index contributed by atoms with van der Waals surface area (Å²) >= 11 is 0. The van der Waals surface area contributed by atoms with Crippen molar-refractivity contribution in [1.82, 2.24) is 0 Å². The van der Waals surface area contributed by atoms with E-state index in [2.05, 4.69) is 0 Å². The SMILES string of the molecule is C[n+]1ccccc1C1(O)CCCC1.[I-]. The number of hydrogen-bond donors (Lipinski definition) is 1. The van der Waals surface area contributed by atoms with Gasteiger partial charge < -0.3 is 29.1 Å². The highest BCUT2D eigenvalue weighted by Crippen LogP contribution is 2.36. The van der Waals surface area contributed by atoms with Crippen LogP contribution in [0.15, 0.2) is 24.4 Å². The summed E-state index contributed by atoms with van der Waals surface area (Å²) in [7, 11) is 1.99. The molecule has 1 saturated carbocycles. The third-order valence-corrected chi connectivity index (χ3v) is 2.96. The lowest BCUT2D eigenvalue weighted by Gasteiger charge is -2.18. The van der Waals surface area contributed by atoms with E-state index in [0.29, 0.717) is 0 Å². The van der Waals surface area contributed by atoms with Crippen molar-refractivity contribution >= 4 is 0 Å². The molecule has 0 amide bonds. The Morgan fingerprint density at radius 2 is 1.93 bits per heavy atom. The van der Waals surface area contributed by atoms with Crippen molar-refractivity contribution < 1.29 is 33.7 Å². The molecule has 2 nitrogen and oxygen atoms in total. The average molecular weight is 305 g/mol. The van der Waals surface area contributed by atoms with Crippen molar-refractivity contribution in [2.45, 2.75) is 31.3 Å². The normalized spacial score (nSPS) is 19.0. The maximum Gasteiger partial charge on any atom is 0.213 e. The lowest BCUT2D eigenvalue weighted by Crippen LogP contribution is -3.00. The molecule has 0 aliphatic heterocycles. The molecule has 1 aromatic heterocycles. The molecule has 1 fully saturated rings. The molecule has 1 heterocycles. The molecular weight excluding hydrogens is 289 g/mol. The van der Waals surface area contributed by atoms with Crippen molar-refractivity contribution in [3.63, 3.8) is 0 Å². The molecule has 1 N–H and O–H groups in total. The Bertz CT molecular complexity index is 308. The minimum Gasteiger partial charge on any atom is -1.00 e. The number of aromatic nitrogens is 1. The molecule has 1 aliphatic carbocycles. The number of nitrogens with zero attached hydrogens (tertiary/aromatic N) is 1. The second-order valence-electron chi connectivity index (χ2n) is 3.94. The van der Waals surface area contributed by atoms with Gasteiger partial charge >= 0.3 is 0 Å². The monoisotopic (exact) mass is 305 g/mol. The lowest BCUT2D eigenvalue weighted by molar-refractivity contribution is -0.686. The highest BCUT2D eigenvalue weighted by atomic mass is 127. The summed E-state index contributed by atoms with van der Waals surface area (Å²) in [5, 5.41) is 10.3. The van der Waals surface area contributed by atoms with Gasteiger partial charge in [0.05, 0.1) is 0 Å². The zero-order valence-electron chi connectivity index (χ0n) is 8.41.